The van der Waals surface area contributed by atoms with Crippen LogP contribution in [0.15, 0.2) is 48.5 Å². The van der Waals surface area contributed by atoms with E-state index in [0.29, 0.717) is 24.5 Å². The average Bonchev–Trinajstić information content (AvgIpc) is 3.27. The van der Waals surface area contributed by atoms with Crippen LogP contribution in [-0.2, 0) is 29.1 Å². The molecule has 168 valence electrons. The van der Waals surface area contributed by atoms with Crippen LogP contribution in [0.2, 0.25) is 0 Å². The van der Waals surface area contributed by atoms with E-state index in [9.17, 15) is 9.59 Å². The van der Waals surface area contributed by atoms with Gasteiger partial charge in [-0.25, -0.2) is 9.48 Å². The van der Waals surface area contributed by atoms with Crippen molar-refractivity contribution in [3.63, 3.8) is 0 Å². The molecule has 0 aliphatic carbocycles. The van der Waals surface area contributed by atoms with Crippen molar-refractivity contribution in [2.45, 2.75) is 45.8 Å². The first-order valence-electron chi connectivity index (χ1n) is 10.5. The molecule has 1 aromatic heterocycles. The fourth-order valence-corrected chi connectivity index (χ4v) is 3.05. The van der Waals surface area contributed by atoms with Crippen LogP contribution in [-0.4, -0.2) is 39.2 Å². The molecule has 3 rings (SSSR count). The molecule has 0 aliphatic rings. The van der Waals surface area contributed by atoms with Crippen LogP contribution in [0.4, 0.5) is 5.69 Å². The lowest BCUT2D eigenvalue weighted by Crippen LogP contribution is -2.17. The SMILES string of the molecule is CCCCn1nnnc1COC(=O)c1ccccc1NC(=O)CCc1ccc(OC)cc1. The van der Waals surface area contributed by atoms with Crippen LogP contribution >= 0.6 is 0 Å². The van der Waals surface area contributed by atoms with Crippen molar-refractivity contribution in [3.8, 4) is 5.75 Å². The zero-order valence-electron chi connectivity index (χ0n) is 18.3. The van der Waals surface area contributed by atoms with Crippen molar-refractivity contribution < 1.29 is 19.1 Å². The van der Waals surface area contributed by atoms with Gasteiger partial charge in [-0.1, -0.05) is 37.6 Å². The molecule has 32 heavy (non-hydrogen) atoms. The molecule has 0 radical (unpaired) electrons. The second-order valence-electron chi connectivity index (χ2n) is 7.19. The zero-order chi connectivity index (χ0) is 22.8. The lowest BCUT2D eigenvalue weighted by atomic mass is 10.1. The smallest absolute Gasteiger partial charge is 0.340 e. The maximum Gasteiger partial charge on any atom is 0.340 e. The Morgan fingerprint density at radius 2 is 1.88 bits per heavy atom. The lowest BCUT2D eigenvalue weighted by molar-refractivity contribution is -0.116. The van der Waals surface area contributed by atoms with Gasteiger partial charge in [-0.05, 0) is 53.1 Å². The Kier molecular flexibility index (Phi) is 8.30. The predicted octanol–water partition coefficient (Wildman–Crippen LogP) is 3.41. The maximum atomic E-state index is 12.6. The van der Waals surface area contributed by atoms with Crippen LogP contribution in [0.5, 0.6) is 5.75 Å². The molecule has 0 spiro atoms. The van der Waals surface area contributed by atoms with Gasteiger partial charge >= 0.3 is 5.97 Å². The number of rotatable bonds is 11. The van der Waals surface area contributed by atoms with Crippen molar-refractivity contribution in [2.24, 2.45) is 0 Å². The number of hydrogen-bond acceptors (Lipinski definition) is 7. The van der Waals surface area contributed by atoms with Gasteiger partial charge in [-0.15, -0.1) is 5.10 Å². The molecule has 1 amide bonds. The lowest BCUT2D eigenvalue weighted by Gasteiger charge is -2.11. The zero-order valence-corrected chi connectivity index (χ0v) is 18.3. The van der Waals surface area contributed by atoms with E-state index in [0.717, 1.165) is 24.2 Å². The van der Waals surface area contributed by atoms with E-state index >= 15 is 0 Å². The van der Waals surface area contributed by atoms with E-state index in [2.05, 4.69) is 27.8 Å². The number of aryl methyl sites for hydroxylation is 2. The van der Waals surface area contributed by atoms with Crippen molar-refractivity contribution >= 4 is 17.6 Å². The van der Waals surface area contributed by atoms with Crippen LogP contribution in [0, 0.1) is 0 Å². The molecule has 2 aromatic carbocycles. The Morgan fingerprint density at radius 3 is 2.62 bits per heavy atom. The molecule has 1 N–H and O–H groups in total. The monoisotopic (exact) mass is 437 g/mol. The molecule has 0 unspecified atom stereocenters. The third kappa shape index (κ3) is 6.37. The molecule has 0 saturated carbocycles. The molecule has 0 saturated heterocycles. The molecule has 0 aliphatic heterocycles. The Balaban J connectivity index is 1.56. The summed E-state index contributed by atoms with van der Waals surface area (Å²) >= 11 is 0. The molecule has 3 aromatic rings. The topological polar surface area (TPSA) is 108 Å². The highest BCUT2D eigenvalue weighted by atomic mass is 16.5. The maximum absolute atomic E-state index is 12.6. The average molecular weight is 438 g/mol. The summed E-state index contributed by atoms with van der Waals surface area (Å²) in [6.45, 7) is 2.69. The van der Waals surface area contributed by atoms with Gasteiger partial charge in [0.15, 0.2) is 12.4 Å². The third-order valence-corrected chi connectivity index (χ3v) is 4.88. The second kappa shape index (κ2) is 11.6. The summed E-state index contributed by atoms with van der Waals surface area (Å²) in [7, 11) is 1.61. The molecule has 0 bridgehead atoms. The fourth-order valence-electron chi connectivity index (χ4n) is 3.05. The number of carbonyl (C=O) groups is 2. The molecular formula is C23H27N5O4. The Bertz CT molecular complexity index is 1030. The number of para-hydroxylation sites is 1. The first-order chi connectivity index (χ1) is 15.6. The van der Waals surface area contributed by atoms with Crippen molar-refractivity contribution in [2.75, 3.05) is 12.4 Å². The standard InChI is InChI=1S/C23H27N5O4/c1-3-4-15-28-21(25-26-27-28)16-32-23(30)19-7-5-6-8-20(19)24-22(29)14-11-17-9-12-18(31-2)13-10-17/h5-10,12-13H,3-4,11,14-16H2,1-2H3,(H,24,29). The number of aromatic nitrogens is 4. The van der Waals surface area contributed by atoms with Gasteiger partial charge in [0.05, 0.1) is 18.4 Å². The van der Waals surface area contributed by atoms with E-state index in [4.69, 9.17) is 9.47 Å². The summed E-state index contributed by atoms with van der Waals surface area (Å²) in [5.41, 5.74) is 1.70. The molecule has 0 atom stereocenters. The van der Waals surface area contributed by atoms with Crippen LogP contribution in [0.1, 0.15) is 47.9 Å². The van der Waals surface area contributed by atoms with Gasteiger partial charge in [0, 0.05) is 13.0 Å². The minimum Gasteiger partial charge on any atom is -0.497 e. The molecule has 9 heteroatoms. The van der Waals surface area contributed by atoms with E-state index in [1.807, 2.05) is 24.3 Å². The number of anilines is 1. The number of hydrogen-bond donors (Lipinski definition) is 1. The number of benzene rings is 2. The second-order valence-corrected chi connectivity index (χ2v) is 7.19. The molecular weight excluding hydrogens is 410 g/mol. The van der Waals surface area contributed by atoms with Gasteiger partial charge in [0.25, 0.3) is 0 Å². The summed E-state index contributed by atoms with van der Waals surface area (Å²) in [6, 6.07) is 14.3. The summed E-state index contributed by atoms with van der Waals surface area (Å²) in [4.78, 5) is 25.1. The quantitative estimate of drug-likeness (QED) is 0.458. The van der Waals surface area contributed by atoms with Crippen molar-refractivity contribution in [1.29, 1.82) is 0 Å². The number of esters is 1. The van der Waals surface area contributed by atoms with E-state index in [-0.39, 0.29) is 24.5 Å². The molecule has 9 nitrogen and oxygen atoms in total. The number of methoxy groups -OCH3 is 1. The van der Waals surface area contributed by atoms with Crippen LogP contribution in [0.3, 0.4) is 0 Å². The number of nitrogens with zero attached hydrogens (tertiary/aromatic N) is 4. The van der Waals surface area contributed by atoms with Crippen LogP contribution < -0.4 is 10.1 Å². The molecule has 1 heterocycles. The first kappa shape index (κ1) is 22.9. The van der Waals surface area contributed by atoms with Gasteiger partial charge in [-0.2, -0.15) is 0 Å². The van der Waals surface area contributed by atoms with Gasteiger partial charge in [-0.3, -0.25) is 4.79 Å². The minimum atomic E-state index is -0.555. The summed E-state index contributed by atoms with van der Waals surface area (Å²) < 4.78 is 12.2. The Morgan fingerprint density at radius 1 is 1.09 bits per heavy atom. The van der Waals surface area contributed by atoms with E-state index in [1.54, 1.807) is 36.1 Å². The summed E-state index contributed by atoms with van der Waals surface area (Å²) in [5.74, 6) is 0.503. The largest absolute Gasteiger partial charge is 0.497 e. The highest BCUT2D eigenvalue weighted by molar-refractivity contribution is 6.01. The predicted molar refractivity (Wildman–Crippen MR) is 118 cm³/mol. The molecule has 0 fully saturated rings. The summed E-state index contributed by atoms with van der Waals surface area (Å²) in [5, 5.41) is 14.3. The van der Waals surface area contributed by atoms with Crippen molar-refractivity contribution in [1.82, 2.24) is 20.2 Å². The minimum absolute atomic E-state index is 0.0463. The normalized spacial score (nSPS) is 10.6. The Hall–Kier alpha value is -3.75. The van der Waals surface area contributed by atoms with Crippen molar-refractivity contribution in [3.05, 3.63) is 65.5 Å². The number of unbranched alkanes of at least 4 members (excludes halogenated alkanes) is 1. The van der Waals surface area contributed by atoms with Gasteiger partial charge in [0.1, 0.15) is 5.75 Å². The fraction of sp³-hybridized carbons (Fsp3) is 0.348. The highest BCUT2D eigenvalue weighted by Gasteiger charge is 2.16. The number of carbonyl (C=O) groups excluding carboxylic acids is 2. The highest BCUT2D eigenvalue weighted by Crippen LogP contribution is 2.18. The number of amides is 1. The van der Waals surface area contributed by atoms with E-state index < -0.39 is 5.97 Å². The van der Waals surface area contributed by atoms with Crippen LogP contribution in [0.25, 0.3) is 0 Å². The number of nitrogens with one attached hydrogen (secondary N) is 1. The van der Waals surface area contributed by atoms with Gasteiger partial charge in [0.2, 0.25) is 5.91 Å². The third-order valence-electron chi connectivity index (χ3n) is 4.88. The summed E-state index contributed by atoms with van der Waals surface area (Å²) in [6.07, 6.45) is 2.78. The number of ether oxygens (including phenoxy) is 2. The van der Waals surface area contributed by atoms with E-state index in [1.165, 1.54) is 0 Å². The first-order valence-corrected chi connectivity index (χ1v) is 10.5. The number of tetrazole rings is 1. The van der Waals surface area contributed by atoms with Gasteiger partial charge < -0.3 is 14.8 Å². The Labute approximate surface area is 186 Å².